The quantitative estimate of drug-likeness (QED) is 0.235. The number of benzene rings is 1. The Bertz CT molecular complexity index is 1980. The Labute approximate surface area is 306 Å². The lowest BCUT2D eigenvalue weighted by molar-refractivity contribution is -0.129. The van der Waals surface area contributed by atoms with Crippen molar-refractivity contribution in [2.75, 3.05) is 36.0 Å². The maximum atomic E-state index is 14.6. The van der Waals surface area contributed by atoms with Gasteiger partial charge in [-0.05, 0) is 86.8 Å². The van der Waals surface area contributed by atoms with Gasteiger partial charge in [-0.1, -0.05) is 0 Å². The van der Waals surface area contributed by atoms with E-state index < -0.39 is 12.4 Å². The average Bonchev–Trinajstić information content (AvgIpc) is 3.78. The van der Waals surface area contributed by atoms with Crippen LogP contribution in [0.4, 0.5) is 26.1 Å². The molecule has 0 unspecified atom stereocenters. The van der Waals surface area contributed by atoms with E-state index >= 15 is 0 Å². The SMILES string of the molecule is CC(=O)N1CCc2c(c(N3CCCc4cc(-c5cnn(C)c5)c(C(F)F)cc43)nn2C2CCC(OC3CCN(c4ccc(C(=O)O)nn4)CC3)CC2)C1. The first-order valence-corrected chi connectivity index (χ1v) is 18.7. The summed E-state index contributed by atoms with van der Waals surface area (Å²) >= 11 is 0. The summed E-state index contributed by atoms with van der Waals surface area (Å²) in [6.45, 7) is 4.87. The Morgan fingerprint density at radius 2 is 1.74 bits per heavy atom. The molecule has 1 saturated carbocycles. The molecule has 280 valence electrons. The molecule has 2 fully saturated rings. The van der Waals surface area contributed by atoms with Gasteiger partial charge in [0.25, 0.3) is 6.43 Å². The van der Waals surface area contributed by atoms with E-state index in [-0.39, 0.29) is 35.4 Å². The highest BCUT2D eigenvalue weighted by atomic mass is 19.3. The predicted molar refractivity (Wildman–Crippen MR) is 193 cm³/mol. The summed E-state index contributed by atoms with van der Waals surface area (Å²) in [5.74, 6) is 0.378. The monoisotopic (exact) mass is 729 g/mol. The van der Waals surface area contributed by atoms with Gasteiger partial charge in [-0.15, -0.1) is 10.2 Å². The van der Waals surface area contributed by atoms with E-state index in [0.29, 0.717) is 43.0 Å². The Morgan fingerprint density at radius 3 is 2.40 bits per heavy atom. The van der Waals surface area contributed by atoms with Crippen molar-refractivity contribution in [3.63, 3.8) is 0 Å². The number of aryl methyl sites for hydroxylation is 2. The zero-order valence-electron chi connectivity index (χ0n) is 30.1. The van der Waals surface area contributed by atoms with Crippen LogP contribution in [0.3, 0.4) is 0 Å². The second-order valence-electron chi connectivity index (χ2n) is 14.7. The molecule has 0 atom stereocenters. The Balaban J connectivity index is 0.989. The van der Waals surface area contributed by atoms with Gasteiger partial charge in [0, 0.05) is 80.8 Å². The minimum absolute atomic E-state index is 0.0157. The van der Waals surface area contributed by atoms with Crippen LogP contribution in [-0.2, 0) is 36.0 Å². The van der Waals surface area contributed by atoms with Gasteiger partial charge in [-0.3, -0.25) is 14.2 Å². The predicted octanol–water partition coefficient (Wildman–Crippen LogP) is 5.87. The van der Waals surface area contributed by atoms with Crippen molar-refractivity contribution in [1.82, 2.24) is 34.7 Å². The van der Waals surface area contributed by atoms with Crippen molar-refractivity contribution in [1.29, 1.82) is 0 Å². The number of fused-ring (bicyclic) bond motifs is 2. The minimum atomic E-state index is -2.66. The lowest BCUT2D eigenvalue weighted by Crippen LogP contribution is -2.39. The second kappa shape index (κ2) is 14.5. The molecular formula is C38H45F2N9O4. The fourth-order valence-electron chi connectivity index (χ4n) is 8.60. The van der Waals surface area contributed by atoms with Crippen LogP contribution in [0, 0.1) is 0 Å². The fraction of sp³-hybridized carbons (Fsp3) is 0.526. The largest absolute Gasteiger partial charge is 0.476 e. The summed E-state index contributed by atoms with van der Waals surface area (Å²) in [5, 5.41) is 26.6. The standard InChI is InChI=1S/C38H45F2N9O4/c1-23(50)47-17-13-33-31(22-47)37(48-14-3-4-24-18-29(25-20-41-45(2)21-25)30(36(39)40)19-34(24)48)44-49(33)26-5-7-27(8-6-26)53-28-11-15-46(16-12-28)35-10-9-32(38(51)52)42-43-35/h9-10,18-21,26-28,36H,3-8,11-17,22H2,1-2H3,(H,51,52). The fourth-order valence-corrected chi connectivity index (χ4v) is 8.60. The van der Waals surface area contributed by atoms with Crippen molar-refractivity contribution >= 4 is 29.2 Å². The number of aromatic nitrogens is 6. The molecule has 1 aromatic carbocycles. The molecule has 4 aromatic rings. The zero-order valence-corrected chi connectivity index (χ0v) is 30.1. The first kappa shape index (κ1) is 35.1. The Morgan fingerprint density at radius 1 is 0.962 bits per heavy atom. The summed E-state index contributed by atoms with van der Waals surface area (Å²) in [6.07, 6.45) is 8.77. The number of carboxylic acid groups (broad SMARTS) is 1. The van der Waals surface area contributed by atoms with Gasteiger partial charge in [0.15, 0.2) is 17.3 Å². The molecule has 1 saturated heterocycles. The van der Waals surface area contributed by atoms with Crippen molar-refractivity contribution in [2.24, 2.45) is 7.05 Å². The lowest BCUT2D eigenvalue weighted by Gasteiger charge is -2.36. The van der Waals surface area contributed by atoms with Gasteiger partial charge in [0.05, 0.1) is 31.0 Å². The highest BCUT2D eigenvalue weighted by Gasteiger charge is 2.36. The van der Waals surface area contributed by atoms with Crippen LogP contribution >= 0.6 is 0 Å². The number of halogens is 2. The summed E-state index contributed by atoms with van der Waals surface area (Å²) in [7, 11) is 1.78. The van der Waals surface area contributed by atoms with Crippen molar-refractivity contribution in [3.05, 3.63) is 64.7 Å². The van der Waals surface area contributed by atoms with Gasteiger partial charge in [0.2, 0.25) is 5.91 Å². The molecule has 3 aliphatic heterocycles. The summed E-state index contributed by atoms with van der Waals surface area (Å²) in [5.41, 5.74) is 5.02. The zero-order chi connectivity index (χ0) is 36.8. The molecule has 4 aliphatic rings. The summed E-state index contributed by atoms with van der Waals surface area (Å²) < 4.78 is 39.7. The summed E-state index contributed by atoms with van der Waals surface area (Å²) in [4.78, 5) is 29.8. The van der Waals surface area contributed by atoms with Gasteiger partial charge in [0.1, 0.15) is 0 Å². The molecule has 15 heteroatoms. The van der Waals surface area contributed by atoms with E-state index in [2.05, 4.69) is 29.8 Å². The van der Waals surface area contributed by atoms with Crippen LogP contribution in [0.5, 0.6) is 0 Å². The van der Waals surface area contributed by atoms with Gasteiger partial charge < -0.3 is 24.5 Å². The van der Waals surface area contributed by atoms with E-state index in [0.717, 1.165) is 92.8 Å². The number of amides is 1. The van der Waals surface area contributed by atoms with Gasteiger partial charge in [-0.2, -0.15) is 10.2 Å². The number of carboxylic acids is 1. The van der Waals surface area contributed by atoms with Crippen molar-refractivity contribution < 1.29 is 28.2 Å². The molecule has 0 bridgehead atoms. The number of anilines is 3. The number of rotatable bonds is 8. The number of carbonyl (C=O) groups excluding carboxylic acids is 1. The smallest absolute Gasteiger partial charge is 0.356 e. The van der Waals surface area contributed by atoms with Gasteiger partial charge in [-0.25, -0.2) is 13.6 Å². The number of hydrogen-bond acceptors (Lipinski definition) is 9. The number of aromatic carboxylic acids is 1. The summed E-state index contributed by atoms with van der Waals surface area (Å²) in [6, 6.07) is 6.93. The number of hydrogen-bond donors (Lipinski definition) is 1. The molecule has 6 heterocycles. The number of carbonyl (C=O) groups is 2. The maximum absolute atomic E-state index is 14.6. The molecule has 8 rings (SSSR count). The normalized spacial score (nSPS) is 20.8. The van der Waals surface area contributed by atoms with Crippen LogP contribution in [0.1, 0.15) is 97.2 Å². The molecule has 53 heavy (non-hydrogen) atoms. The number of nitrogens with zero attached hydrogens (tertiary/aromatic N) is 9. The molecule has 13 nitrogen and oxygen atoms in total. The number of alkyl halides is 2. The van der Waals surface area contributed by atoms with E-state index in [1.807, 2.05) is 11.0 Å². The van der Waals surface area contributed by atoms with Crippen molar-refractivity contribution in [2.45, 2.75) is 95.9 Å². The van der Waals surface area contributed by atoms with Crippen LogP contribution in [0.2, 0.25) is 0 Å². The third-order valence-electron chi connectivity index (χ3n) is 11.4. The molecular weight excluding hydrogens is 684 g/mol. The van der Waals surface area contributed by atoms with E-state index in [4.69, 9.17) is 14.9 Å². The van der Waals surface area contributed by atoms with E-state index in [9.17, 15) is 18.4 Å². The van der Waals surface area contributed by atoms with Crippen LogP contribution < -0.4 is 9.80 Å². The van der Waals surface area contributed by atoms with E-state index in [1.165, 1.54) is 6.07 Å². The average molecular weight is 730 g/mol. The molecule has 0 radical (unpaired) electrons. The molecule has 3 aromatic heterocycles. The Kier molecular flexibility index (Phi) is 9.60. The molecule has 1 aliphatic carbocycles. The van der Waals surface area contributed by atoms with Crippen LogP contribution in [0.25, 0.3) is 11.1 Å². The molecule has 1 N–H and O–H groups in total. The third kappa shape index (κ3) is 6.98. The molecule has 0 spiro atoms. The minimum Gasteiger partial charge on any atom is -0.476 e. The molecule has 1 amide bonds. The van der Waals surface area contributed by atoms with Gasteiger partial charge >= 0.3 is 5.97 Å². The maximum Gasteiger partial charge on any atom is 0.356 e. The lowest BCUT2D eigenvalue weighted by atomic mass is 9.92. The highest BCUT2D eigenvalue weighted by Crippen LogP contribution is 2.44. The van der Waals surface area contributed by atoms with Crippen LogP contribution in [-0.4, -0.2) is 90.0 Å². The van der Waals surface area contributed by atoms with E-state index in [1.54, 1.807) is 43.2 Å². The Hall–Kier alpha value is -4.92. The third-order valence-corrected chi connectivity index (χ3v) is 11.4. The first-order chi connectivity index (χ1) is 25.6. The topological polar surface area (TPSA) is 135 Å². The van der Waals surface area contributed by atoms with Crippen molar-refractivity contribution in [3.8, 4) is 11.1 Å². The highest BCUT2D eigenvalue weighted by molar-refractivity contribution is 5.85. The number of ether oxygens (including phenoxy) is 1. The second-order valence-corrected chi connectivity index (χ2v) is 14.7. The van der Waals surface area contributed by atoms with Crippen LogP contribution in [0.15, 0.2) is 36.7 Å². The first-order valence-electron chi connectivity index (χ1n) is 18.7. The number of piperidine rings is 1.